The van der Waals surface area contributed by atoms with E-state index in [1.807, 2.05) is 0 Å². The van der Waals surface area contributed by atoms with Gasteiger partial charge in [-0.2, -0.15) is 0 Å². The molecule has 0 fully saturated rings. The zero-order valence-corrected chi connectivity index (χ0v) is 36.9. The number of hydrogen-bond acceptors (Lipinski definition) is 9. The third kappa shape index (κ3) is 39.3. The molecule has 11 nitrogen and oxygen atoms in total. The lowest BCUT2D eigenvalue weighted by atomic mass is 10.0. The predicted molar refractivity (Wildman–Crippen MR) is 227 cm³/mol. The number of phosphoric acid groups is 1. The van der Waals surface area contributed by atoms with E-state index in [4.69, 9.17) is 24.8 Å². The first-order valence-electron chi connectivity index (χ1n) is 23.1. The van der Waals surface area contributed by atoms with Gasteiger partial charge in [-0.05, 0) is 12.8 Å². The van der Waals surface area contributed by atoms with E-state index in [-0.39, 0.29) is 19.4 Å². The van der Waals surface area contributed by atoms with Crippen molar-refractivity contribution in [2.45, 2.75) is 244 Å². The number of rotatable bonds is 44. The molecule has 56 heavy (non-hydrogen) atoms. The van der Waals surface area contributed by atoms with Gasteiger partial charge in [-0.3, -0.25) is 23.4 Å². The van der Waals surface area contributed by atoms with E-state index in [1.165, 1.54) is 154 Å². The summed E-state index contributed by atoms with van der Waals surface area (Å²) in [7, 11) is -4.70. The van der Waals surface area contributed by atoms with E-state index in [9.17, 15) is 23.8 Å². The molecular weight excluding hydrogens is 733 g/mol. The van der Waals surface area contributed by atoms with Crippen molar-refractivity contribution < 1.29 is 47.5 Å². The number of carboxylic acids is 1. The molecule has 0 rings (SSSR count). The molecule has 0 aliphatic carbocycles. The molecular formula is C44H86NO10P. The number of esters is 2. The summed E-state index contributed by atoms with van der Waals surface area (Å²) in [6.07, 6.45) is 39.1. The summed E-state index contributed by atoms with van der Waals surface area (Å²) in [4.78, 5) is 45.8. The summed E-state index contributed by atoms with van der Waals surface area (Å²) in [5.41, 5.74) is 5.33. The summed E-state index contributed by atoms with van der Waals surface area (Å²) >= 11 is 0. The first-order valence-corrected chi connectivity index (χ1v) is 24.6. The lowest BCUT2D eigenvalue weighted by Gasteiger charge is -2.20. The fraction of sp³-hybridized carbons (Fsp3) is 0.932. The van der Waals surface area contributed by atoms with E-state index >= 15 is 0 Å². The number of hydrogen-bond donors (Lipinski definition) is 3. The van der Waals surface area contributed by atoms with Crippen molar-refractivity contribution in [3.05, 3.63) is 0 Å². The van der Waals surface area contributed by atoms with Gasteiger partial charge in [0.1, 0.15) is 12.6 Å². The lowest BCUT2D eigenvalue weighted by molar-refractivity contribution is -0.161. The second-order valence-corrected chi connectivity index (χ2v) is 17.4. The number of ether oxygens (including phenoxy) is 2. The Morgan fingerprint density at radius 3 is 1.12 bits per heavy atom. The van der Waals surface area contributed by atoms with Crippen molar-refractivity contribution in [3.63, 3.8) is 0 Å². The number of carbonyl (C=O) groups excluding carboxylic acids is 2. The molecule has 0 heterocycles. The van der Waals surface area contributed by atoms with Crippen LogP contribution in [0.15, 0.2) is 0 Å². The number of unbranched alkanes of at least 4 members (excludes halogenated alkanes) is 30. The van der Waals surface area contributed by atoms with Crippen LogP contribution >= 0.6 is 7.82 Å². The standard InChI is InChI=1S/C44H86NO10P/c1-3-5-7-9-11-13-14-15-16-17-18-19-20-21-22-23-24-25-26-27-28-30-32-34-36-43(47)55-40(38-53-56(50,51)54-39-41(45)44(48)49)37-52-42(46)35-33-31-29-12-10-8-6-4-2/h40-41H,3-39,45H2,1-2H3,(H,48,49)(H,50,51). The average Bonchev–Trinajstić information content (AvgIpc) is 3.17. The maximum Gasteiger partial charge on any atom is 0.472 e. The highest BCUT2D eigenvalue weighted by molar-refractivity contribution is 7.47. The lowest BCUT2D eigenvalue weighted by Crippen LogP contribution is -2.34. The van der Waals surface area contributed by atoms with Crippen molar-refractivity contribution in [2.75, 3.05) is 19.8 Å². The minimum atomic E-state index is -4.70. The zero-order valence-electron chi connectivity index (χ0n) is 36.0. The minimum absolute atomic E-state index is 0.169. The predicted octanol–water partition coefficient (Wildman–Crippen LogP) is 12.3. The van der Waals surface area contributed by atoms with E-state index < -0.39 is 51.1 Å². The second-order valence-electron chi connectivity index (χ2n) is 15.9. The maximum atomic E-state index is 12.6. The molecule has 0 saturated carbocycles. The van der Waals surface area contributed by atoms with Crippen LogP contribution in [0.1, 0.15) is 232 Å². The highest BCUT2D eigenvalue weighted by atomic mass is 31.2. The molecule has 0 aromatic rings. The van der Waals surface area contributed by atoms with Gasteiger partial charge in [-0.1, -0.05) is 206 Å². The van der Waals surface area contributed by atoms with Crippen LogP contribution < -0.4 is 5.73 Å². The quantitative estimate of drug-likeness (QED) is 0.0303. The molecule has 0 radical (unpaired) electrons. The van der Waals surface area contributed by atoms with Crippen LogP contribution in [0.5, 0.6) is 0 Å². The molecule has 0 saturated heterocycles. The van der Waals surface area contributed by atoms with Crippen LogP contribution in [0.4, 0.5) is 0 Å². The van der Waals surface area contributed by atoms with Gasteiger partial charge in [0.2, 0.25) is 0 Å². The van der Waals surface area contributed by atoms with Crippen LogP contribution in [0.2, 0.25) is 0 Å². The summed E-state index contributed by atoms with van der Waals surface area (Å²) in [5, 5.41) is 8.87. The molecule has 0 aliphatic heterocycles. The molecule has 3 atom stereocenters. The molecule has 0 amide bonds. The van der Waals surface area contributed by atoms with Gasteiger partial charge < -0.3 is 25.2 Å². The van der Waals surface area contributed by atoms with Gasteiger partial charge in [-0.15, -0.1) is 0 Å². The third-order valence-corrected chi connectivity index (χ3v) is 11.3. The summed E-state index contributed by atoms with van der Waals surface area (Å²) < 4.78 is 32.6. The highest BCUT2D eigenvalue weighted by Crippen LogP contribution is 2.43. The molecule has 0 bridgehead atoms. The van der Waals surface area contributed by atoms with Crippen molar-refractivity contribution in [1.29, 1.82) is 0 Å². The third-order valence-electron chi connectivity index (χ3n) is 10.4. The van der Waals surface area contributed by atoms with Gasteiger partial charge in [-0.25, -0.2) is 4.57 Å². The van der Waals surface area contributed by atoms with Gasteiger partial charge in [0, 0.05) is 12.8 Å². The number of nitrogens with two attached hydrogens (primary N) is 1. The Morgan fingerprint density at radius 1 is 0.482 bits per heavy atom. The van der Waals surface area contributed by atoms with Crippen LogP contribution in [0.3, 0.4) is 0 Å². The number of carboxylic acid groups (broad SMARTS) is 1. The second kappa shape index (κ2) is 40.3. The van der Waals surface area contributed by atoms with Gasteiger partial charge in [0.05, 0.1) is 13.2 Å². The molecule has 0 spiro atoms. The Labute approximate surface area is 342 Å². The van der Waals surface area contributed by atoms with Gasteiger partial charge >= 0.3 is 25.7 Å². The molecule has 0 aromatic carbocycles. The molecule has 12 heteroatoms. The van der Waals surface area contributed by atoms with E-state index in [2.05, 4.69) is 18.4 Å². The Balaban J connectivity index is 4.08. The highest BCUT2D eigenvalue weighted by Gasteiger charge is 2.28. The van der Waals surface area contributed by atoms with Crippen molar-refractivity contribution in [1.82, 2.24) is 0 Å². The van der Waals surface area contributed by atoms with Crippen LogP contribution in [0.25, 0.3) is 0 Å². The fourth-order valence-corrected chi connectivity index (χ4v) is 7.49. The molecule has 332 valence electrons. The van der Waals surface area contributed by atoms with E-state index in [0.29, 0.717) is 12.8 Å². The first kappa shape index (κ1) is 54.5. The number of phosphoric ester groups is 1. The van der Waals surface area contributed by atoms with Crippen LogP contribution in [0, 0.1) is 0 Å². The van der Waals surface area contributed by atoms with Crippen LogP contribution in [-0.4, -0.2) is 59.9 Å². The number of aliphatic carboxylic acids is 1. The Bertz CT molecular complexity index is 968. The van der Waals surface area contributed by atoms with E-state index in [0.717, 1.165) is 38.5 Å². The normalized spacial score (nSPS) is 13.6. The topological polar surface area (TPSA) is 172 Å². The minimum Gasteiger partial charge on any atom is -0.480 e. The Hall–Kier alpha value is -1.52. The zero-order chi connectivity index (χ0) is 41.4. The molecule has 0 aliphatic rings. The van der Waals surface area contributed by atoms with Gasteiger partial charge in [0.25, 0.3) is 0 Å². The van der Waals surface area contributed by atoms with Crippen LogP contribution in [-0.2, 0) is 37.5 Å². The van der Waals surface area contributed by atoms with E-state index in [1.54, 1.807) is 0 Å². The number of carbonyl (C=O) groups is 3. The summed E-state index contributed by atoms with van der Waals surface area (Å²) in [6.45, 7) is 2.80. The molecule has 4 N–H and O–H groups in total. The van der Waals surface area contributed by atoms with Gasteiger partial charge in [0.15, 0.2) is 6.10 Å². The van der Waals surface area contributed by atoms with Crippen molar-refractivity contribution in [2.24, 2.45) is 5.73 Å². The molecule has 3 unspecified atom stereocenters. The largest absolute Gasteiger partial charge is 0.480 e. The molecule has 0 aromatic heterocycles. The monoisotopic (exact) mass is 820 g/mol. The Morgan fingerprint density at radius 2 is 0.786 bits per heavy atom. The smallest absolute Gasteiger partial charge is 0.472 e. The van der Waals surface area contributed by atoms with Crippen molar-refractivity contribution >= 4 is 25.7 Å². The summed E-state index contributed by atoms with van der Waals surface area (Å²) in [6, 6.07) is -1.52. The average molecular weight is 820 g/mol. The van der Waals surface area contributed by atoms with Crippen molar-refractivity contribution in [3.8, 4) is 0 Å². The summed E-state index contributed by atoms with van der Waals surface area (Å²) in [5.74, 6) is -2.36. The Kier molecular flexibility index (Phi) is 39.2. The SMILES string of the molecule is CCCCCCCCCCCCCCCCCCCCCCCCCCC(=O)OC(COC(=O)CCCCCCCCCC)COP(=O)(O)OCC(N)C(=O)O. The first-order chi connectivity index (χ1) is 27.1. The fourth-order valence-electron chi connectivity index (χ4n) is 6.71. The maximum absolute atomic E-state index is 12.6.